The van der Waals surface area contributed by atoms with Gasteiger partial charge < -0.3 is 30.3 Å². The molecule has 0 saturated carbocycles. The summed E-state index contributed by atoms with van der Waals surface area (Å²) in [4.78, 5) is 63.8. The summed E-state index contributed by atoms with van der Waals surface area (Å²) in [6.45, 7) is 11.6. The number of nitrogens with one attached hydrogen (secondary N) is 2. The summed E-state index contributed by atoms with van der Waals surface area (Å²) < 4.78 is 47.3. The van der Waals surface area contributed by atoms with Crippen molar-refractivity contribution in [3.63, 3.8) is 0 Å². The predicted molar refractivity (Wildman–Crippen MR) is 280 cm³/mol. The number of aliphatic hydroxyl groups excluding tert-OH is 1. The molecular weight excluding hydrogens is 976 g/mol. The molecule has 13 nitrogen and oxygen atoms in total. The highest BCUT2D eigenvalue weighted by molar-refractivity contribution is 7.81. The van der Waals surface area contributed by atoms with Gasteiger partial charge in [-0.15, -0.1) is 11.3 Å². The van der Waals surface area contributed by atoms with Crippen molar-refractivity contribution in [1.82, 2.24) is 20.5 Å². The maximum Gasteiger partial charge on any atom is 0.417 e. The largest absolute Gasteiger partial charge is 0.494 e. The van der Waals surface area contributed by atoms with Crippen LogP contribution in [0, 0.1) is 23.7 Å². The predicted octanol–water partition coefficient (Wildman–Crippen LogP) is 10.1. The van der Waals surface area contributed by atoms with E-state index in [1.165, 1.54) is 11.0 Å². The van der Waals surface area contributed by atoms with E-state index < -0.39 is 58.3 Å². The minimum Gasteiger partial charge on any atom is -0.494 e. The van der Waals surface area contributed by atoms with Crippen LogP contribution in [0.1, 0.15) is 102 Å². The number of likely N-dealkylation sites (tertiary alicyclic amines) is 1. The van der Waals surface area contributed by atoms with Crippen molar-refractivity contribution in [2.45, 2.75) is 123 Å². The van der Waals surface area contributed by atoms with E-state index >= 15 is 0 Å². The first-order valence-corrected chi connectivity index (χ1v) is 25.6. The highest BCUT2D eigenvalue weighted by atomic mass is 32.1. The number of unbranched alkanes of at least 4 members (excludes halogenated alkanes) is 4. The Morgan fingerprint density at radius 3 is 2.15 bits per heavy atom. The second-order valence-electron chi connectivity index (χ2n) is 20.0. The number of nitriles is 1. The van der Waals surface area contributed by atoms with Gasteiger partial charge in [-0.25, -0.2) is 4.98 Å². The number of ether oxygens (including phenoxy) is 1. The number of rotatable bonds is 18. The van der Waals surface area contributed by atoms with Gasteiger partial charge >= 0.3 is 6.18 Å². The van der Waals surface area contributed by atoms with E-state index in [2.05, 4.69) is 15.6 Å². The topological polar surface area (TPSA) is 168 Å². The van der Waals surface area contributed by atoms with Crippen molar-refractivity contribution in [3.05, 3.63) is 119 Å². The molecular formula is C55H60F3N7O6S2. The molecule has 3 atom stereocenters. The van der Waals surface area contributed by atoms with Crippen LogP contribution < -0.4 is 25.2 Å². The quantitative estimate of drug-likeness (QED) is 0.0568. The number of carbonyl (C=O) groups excluding carboxylic acids is 4. The van der Waals surface area contributed by atoms with Gasteiger partial charge in [-0.3, -0.25) is 24.1 Å². The molecule has 5 aromatic rings. The fourth-order valence-corrected chi connectivity index (χ4v) is 10.5. The summed E-state index contributed by atoms with van der Waals surface area (Å²) in [7, 11) is 0. The van der Waals surface area contributed by atoms with Gasteiger partial charge in [-0.2, -0.15) is 18.4 Å². The van der Waals surface area contributed by atoms with Crippen molar-refractivity contribution >= 4 is 63.7 Å². The van der Waals surface area contributed by atoms with E-state index in [1.54, 1.807) is 48.3 Å². The Labute approximate surface area is 433 Å². The molecule has 0 radical (unpaired) electrons. The molecule has 18 heteroatoms. The lowest BCUT2D eigenvalue weighted by Crippen LogP contribution is -2.57. The van der Waals surface area contributed by atoms with E-state index in [0.29, 0.717) is 24.5 Å². The number of aryl methyl sites for hydroxylation is 1. The maximum absolute atomic E-state index is 14.0. The third kappa shape index (κ3) is 12.6. The normalized spacial score (nSPS) is 17.1. The molecule has 73 heavy (non-hydrogen) atoms. The average molecular weight is 1040 g/mol. The zero-order chi connectivity index (χ0) is 52.8. The molecule has 2 aliphatic heterocycles. The van der Waals surface area contributed by atoms with Crippen LogP contribution in [-0.4, -0.2) is 80.6 Å². The van der Waals surface area contributed by atoms with Gasteiger partial charge in [0.25, 0.3) is 5.91 Å². The highest BCUT2D eigenvalue weighted by Crippen LogP contribution is 2.40. The zero-order valence-electron chi connectivity index (χ0n) is 41.7. The number of thiocarbonyl (C=S) groups is 1. The minimum absolute atomic E-state index is 0.00240. The Morgan fingerprint density at radius 1 is 0.918 bits per heavy atom. The molecule has 1 aromatic heterocycles. The van der Waals surface area contributed by atoms with Crippen LogP contribution >= 0.6 is 23.6 Å². The van der Waals surface area contributed by atoms with Crippen LogP contribution in [0.3, 0.4) is 0 Å². The number of nitrogens with zero attached hydrogens (tertiary/aromatic N) is 5. The number of benzene rings is 4. The van der Waals surface area contributed by atoms with Crippen molar-refractivity contribution in [1.29, 1.82) is 5.26 Å². The molecule has 7 rings (SSSR count). The third-order valence-corrected chi connectivity index (χ3v) is 14.5. The molecule has 3 heterocycles. The second-order valence-corrected chi connectivity index (χ2v) is 21.3. The summed E-state index contributed by atoms with van der Waals surface area (Å²) in [5.74, 6) is -0.797. The number of amides is 4. The fraction of sp³-hybridized carbons (Fsp3) is 0.400. The second kappa shape index (κ2) is 22.6. The number of hydrogen-bond acceptors (Lipinski definition) is 10. The van der Waals surface area contributed by atoms with Crippen LogP contribution in [0.4, 0.5) is 24.5 Å². The van der Waals surface area contributed by atoms with Crippen LogP contribution in [0.2, 0.25) is 0 Å². The molecule has 2 aliphatic rings. The number of anilines is 2. The van der Waals surface area contributed by atoms with Gasteiger partial charge in [-0.1, -0.05) is 88.6 Å². The smallest absolute Gasteiger partial charge is 0.417 e. The van der Waals surface area contributed by atoms with Crippen molar-refractivity contribution in [2.75, 3.05) is 23.0 Å². The van der Waals surface area contributed by atoms with Gasteiger partial charge in [0.1, 0.15) is 23.4 Å². The number of aliphatic hydroxyl groups is 1. The summed E-state index contributed by atoms with van der Waals surface area (Å²) in [6, 6.07) is 25.8. The first-order chi connectivity index (χ1) is 34.6. The lowest BCUT2D eigenvalue weighted by Gasteiger charge is -2.35. The summed E-state index contributed by atoms with van der Waals surface area (Å²) in [6.07, 6.45) is -1.24. The monoisotopic (exact) mass is 1040 g/mol. The van der Waals surface area contributed by atoms with Crippen LogP contribution in [0.5, 0.6) is 5.75 Å². The fourth-order valence-electron chi connectivity index (χ4n) is 9.13. The van der Waals surface area contributed by atoms with Gasteiger partial charge in [0.2, 0.25) is 17.7 Å². The molecule has 4 aromatic carbocycles. The third-order valence-electron chi connectivity index (χ3n) is 13.2. The van der Waals surface area contributed by atoms with Crippen molar-refractivity contribution in [2.24, 2.45) is 5.41 Å². The average Bonchev–Trinajstić information content (AvgIpc) is 4.02. The number of carbonyl (C=O) groups is 4. The van der Waals surface area contributed by atoms with E-state index in [0.717, 1.165) is 75.5 Å². The standard InChI is InChI=1S/C55H60F3N7O6S2/c1-34-47(73-33-61-34)38-15-13-35(14-16-38)31-60-49(68)45-29-42(66)32-63(45)50(69)48(53(2,3)4)62-46(67)12-10-8-7-9-11-27-71-43-25-20-37(21-26-43)36-17-22-40(23-18-36)65-52(72)64(51(70)54(65,5)6)41-24-19-39(30-59)44(28-41)55(56,57)58/h13-26,28,33,42,45,48,66H,7-12,27,29,31-32H2,1-6H3,(H,60,68)(H,62,67)/t42-,45+,48-/m1/s1. The van der Waals surface area contributed by atoms with E-state index in [-0.39, 0.29) is 48.5 Å². The van der Waals surface area contributed by atoms with E-state index in [4.69, 9.17) is 17.0 Å². The molecule has 0 bridgehead atoms. The molecule has 384 valence electrons. The van der Waals surface area contributed by atoms with E-state index in [1.807, 2.05) is 93.9 Å². The Morgan fingerprint density at radius 2 is 1.53 bits per heavy atom. The van der Waals surface area contributed by atoms with Crippen LogP contribution in [0.15, 0.2) is 96.5 Å². The molecule has 0 aliphatic carbocycles. The summed E-state index contributed by atoms with van der Waals surface area (Å²) >= 11 is 7.25. The maximum atomic E-state index is 14.0. The zero-order valence-corrected chi connectivity index (χ0v) is 43.3. The first-order valence-electron chi connectivity index (χ1n) is 24.3. The Bertz CT molecular complexity index is 2860. The Balaban J connectivity index is 0.823. The number of aromatic nitrogens is 1. The summed E-state index contributed by atoms with van der Waals surface area (Å²) in [5.41, 5.74) is 3.45. The number of halogens is 3. The Hall–Kier alpha value is -6.68. The van der Waals surface area contributed by atoms with E-state index in [9.17, 15) is 42.7 Å². The lowest BCUT2D eigenvalue weighted by atomic mass is 9.85. The van der Waals surface area contributed by atoms with Crippen LogP contribution in [0.25, 0.3) is 21.6 Å². The van der Waals surface area contributed by atoms with Crippen molar-refractivity contribution in [3.8, 4) is 33.4 Å². The number of hydrogen-bond donors (Lipinski definition) is 3. The lowest BCUT2D eigenvalue weighted by molar-refractivity contribution is -0.144. The van der Waals surface area contributed by atoms with Gasteiger partial charge in [-0.05, 0) is 116 Å². The molecule has 0 unspecified atom stereocenters. The highest BCUT2D eigenvalue weighted by Gasteiger charge is 2.51. The molecule has 3 N–H and O–H groups in total. The molecule has 2 saturated heterocycles. The Kier molecular flexibility index (Phi) is 16.8. The molecule has 2 fully saturated rings. The summed E-state index contributed by atoms with van der Waals surface area (Å²) in [5, 5.41) is 25.7. The number of β-amino-alcohol motifs (C(OH)–C–C–N with tert-alkyl or cyclic N) is 1. The van der Waals surface area contributed by atoms with Gasteiger partial charge in [0, 0.05) is 31.6 Å². The molecule has 4 amide bonds. The number of thiazole rings is 1. The number of alkyl halides is 3. The van der Waals surface area contributed by atoms with Gasteiger partial charge in [0.05, 0.1) is 51.7 Å². The van der Waals surface area contributed by atoms with Crippen molar-refractivity contribution < 1.29 is 42.2 Å². The first kappa shape index (κ1) is 54.1. The minimum atomic E-state index is -4.80. The van der Waals surface area contributed by atoms with Gasteiger partial charge in [0.15, 0.2) is 5.11 Å². The molecule has 0 spiro atoms. The SMILES string of the molecule is Cc1ncsc1-c1ccc(CNC(=O)[C@@H]2C[C@@H](O)CN2C(=O)[C@@H](NC(=O)CCCCCCCOc2ccc(-c3ccc(N4C(=S)N(c5ccc(C#N)c(C(F)(F)F)c5)C(=O)C4(C)C)cc3)cc2)C(C)(C)C)cc1. The van der Waals surface area contributed by atoms with Crippen LogP contribution in [-0.2, 0) is 31.9 Å².